The first kappa shape index (κ1) is 18.4. The highest BCUT2D eigenvalue weighted by atomic mass is 32.2. The van der Waals surface area contributed by atoms with E-state index in [0.717, 1.165) is 5.56 Å². The molecule has 6 nitrogen and oxygen atoms in total. The third kappa shape index (κ3) is 5.63. The van der Waals surface area contributed by atoms with Crippen LogP contribution < -0.4 is 0 Å². The van der Waals surface area contributed by atoms with Crippen molar-refractivity contribution in [2.45, 2.75) is 25.7 Å². The molecule has 0 spiro atoms. The second-order valence-electron chi connectivity index (χ2n) is 6.20. The van der Waals surface area contributed by atoms with Gasteiger partial charge in [0.1, 0.15) is 5.75 Å². The van der Waals surface area contributed by atoms with Crippen LogP contribution in [-0.4, -0.2) is 54.9 Å². The summed E-state index contributed by atoms with van der Waals surface area (Å²) in [5, 5.41) is 9.04. The fourth-order valence-corrected chi connectivity index (χ4v) is 4.19. The van der Waals surface area contributed by atoms with Gasteiger partial charge in [-0.05, 0) is 31.2 Å². The third-order valence-electron chi connectivity index (χ3n) is 4.23. The molecule has 1 aromatic rings. The molecule has 1 fully saturated rings. The van der Waals surface area contributed by atoms with Gasteiger partial charge in [-0.1, -0.05) is 30.3 Å². The molecule has 132 valence electrons. The number of carbonyl (C=O) groups is 2. The number of aryl methyl sites for hydroxylation is 1. The van der Waals surface area contributed by atoms with Gasteiger partial charge in [0.2, 0.25) is 5.91 Å². The largest absolute Gasteiger partial charge is 0.481 e. The van der Waals surface area contributed by atoms with E-state index in [1.54, 1.807) is 0 Å². The Hall–Kier alpha value is -1.89. The van der Waals surface area contributed by atoms with Crippen molar-refractivity contribution in [3.05, 3.63) is 35.9 Å². The molecule has 0 bridgehead atoms. The minimum absolute atomic E-state index is 0.0379. The van der Waals surface area contributed by atoms with Crippen LogP contribution in [0, 0.1) is 5.92 Å². The van der Waals surface area contributed by atoms with Gasteiger partial charge in [-0.15, -0.1) is 0 Å². The molecule has 1 aliphatic rings. The number of hydrogen-bond acceptors (Lipinski definition) is 4. The maximum absolute atomic E-state index is 12.2. The van der Waals surface area contributed by atoms with Crippen molar-refractivity contribution in [3.63, 3.8) is 0 Å². The highest BCUT2D eigenvalue weighted by Crippen LogP contribution is 2.17. The predicted octanol–water partition coefficient (Wildman–Crippen LogP) is 1.36. The minimum Gasteiger partial charge on any atom is -0.481 e. The van der Waals surface area contributed by atoms with Crippen LogP contribution in [0.4, 0.5) is 0 Å². The van der Waals surface area contributed by atoms with Gasteiger partial charge in [-0.2, -0.15) is 0 Å². The standard InChI is InChI=1S/C17H23NO5S/c19-16(18-10-4-9-15(12-18)17(20)21)13-24(22,23)11-5-8-14-6-2-1-3-7-14/h1-3,6-7,15H,4-5,8-13H2,(H,20,21)/t15-/m1/s1. The summed E-state index contributed by atoms with van der Waals surface area (Å²) >= 11 is 0. The monoisotopic (exact) mass is 353 g/mol. The molecule has 0 aliphatic carbocycles. The molecule has 1 atom stereocenters. The lowest BCUT2D eigenvalue weighted by molar-refractivity contribution is -0.145. The van der Waals surface area contributed by atoms with Crippen molar-refractivity contribution in [1.29, 1.82) is 0 Å². The van der Waals surface area contributed by atoms with Crippen LogP contribution in [0.5, 0.6) is 0 Å². The minimum atomic E-state index is -3.48. The normalized spacial score (nSPS) is 18.3. The van der Waals surface area contributed by atoms with Gasteiger partial charge in [0.25, 0.3) is 0 Å². The fourth-order valence-electron chi connectivity index (χ4n) is 2.90. The van der Waals surface area contributed by atoms with E-state index in [0.29, 0.717) is 32.2 Å². The predicted molar refractivity (Wildman–Crippen MR) is 90.4 cm³/mol. The number of sulfone groups is 1. The molecule has 1 N–H and O–H groups in total. The van der Waals surface area contributed by atoms with Crippen LogP contribution in [0.2, 0.25) is 0 Å². The molecule has 7 heteroatoms. The lowest BCUT2D eigenvalue weighted by Crippen LogP contribution is -2.44. The lowest BCUT2D eigenvalue weighted by atomic mass is 9.98. The third-order valence-corrected chi connectivity index (χ3v) is 5.83. The van der Waals surface area contributed by atoms with E-state index in [2.05, 4.69) is 0 Å². The Morgan fingerprint density at radius 2 is 1.92 bits per heavy atom. The molecule has 2 rings (SSSR count). The second kappa shape index (κ2) is 8.28. The molecule has 0 aromatic heterocycles. The van der Waals surface area contributed by atoms with Gasteiger partial charge in [0, 0.05) is 13.1 Å². The zero-order chi connectivity index (χ0) is 17.6. The number of likely N-dealkylation sites (tertiary alicyclic amines) is 1. The smallest absolute Gasteiger partial charge is 0.308 e. The van der Waals surface area contributed by atoms with Crippen LogP contribution in [0.3, 0.4) is 0 Å². The van der Waals surface area contributed by atoms with Gasteiger partial charge >= 0.3 is 5.97 Å². The zero-order valence-electron chi connectivity index (χ0n) is 13.6. The Labute approximate surface area is 142 Å². The number of aliphatic carboxylic acids is 1. The summed E-state index contributed by atoms with van der Waals surface area (Å²) < 4.78 is 24.3. The van der Waals surface area contributed by atoms with Crippen molar-refractivity contribution in [2.24, 2.45) is 5.92 Å². The summed E-state index contributed by atoms with van der Waals surface area (Å²) in [6, 6.07) is 9.60. The first-order valence-electron chi connectivity index (χ1n) is 8.12. The maximum Gasteiger partial charge on any atom is 0.308 e. The number of carboxylic acids is 1. The van der Waals surface area contributed by atoms with E-state index in [9.17, 15) is 18.0 Å². The zero-order valence-corrected chi connectivity index (χ0v) is 14.4. The van der Waals surface area contributed by atoms with Gasteiger partial charge < -0.3 is 10.0 Å². The maximum atomic E-state index is 12.2. The average molecular weight is 353 g/mol. The van der Waals surface area contributed by atoms with Crippen molar-refractivity contribution in [3.8, 4) is 0 Å². The molecular formula is C17H23NO5S. The number of rotatable bonds is 7. The Balaban J connectivity index is 1.82. The summed E-state index contributed by atoms with van der Waals surface area (Å²) in [6.45, 7) is 0.538. The molecular weight excluding hydrogens is 330 g/mol. The highest BCUT2D eigenvalue weighted by Gasteiger charge is 2.30. The Kier molecular flexibility index (Phi) is 6.36. The Morgan fingerprint density at radius 3 is 2.58 bits per heavy atom. The summed E-state index contributed by atoms with van der Waals surface area (Å²) in [6.07, 6.45) is 2.25. The van der Waals surface area contributed by atoms with Crippen LogP contribution in [0.1, 0.15) is 24.8 Å². The first-order valence-corrected chi connectivity index (χ1v) is 9.94. The summed E-state index contributed by atoms with van der Waals surface area (Å²) in [5.41, 5.74) is 1.07. The van der Waals surface area contributed by atoms with E-state index in [-0.39, 0.29) is 12.3 Å². The van der Waals surface area contributed by atoms with Crippen molar-refractivity contribution in [2.75, 3.05) is 24.6 Å². The summed E-state index contributed by atoms with van der Waals surface area (Å²) in [5.74, 6) is -2.58. The van der Waals surface area contributed by atoms with Crippen molar-refractivity contribution < 1.29 is 23.1 Å². The Bertz CT molecular complexity index is 671. The number of carboxylic acid groups (broad SMARTS) is 1. The molecule has 1 aliphatic heterocycles. The number of carbonyl (C=O) groups excluding carboxylic acids is 1. The van der Waals surface area contributed by atoms with E-state index in [1.807, 2.05) is 30.3 Å². The topological polar surface area (TPSA) is 91.8 Å². The molecule has 0 radical (unpaired) electrons. The van der Waals surface area contributed by atoms with Gasteiger partial charge in [0.05, 0.1) is 11.7 Å². The quantitative estimate of drug-likeness (QED) is 0.799. The molecule has 0 saturated carbocycles. The van der Waals surface area contributed by atoms with Gasteiger partial charge in [-0.3, -0.25) is 9.59 Å². The highest BCUT2D eigenvalue weighted by molar-refractivity contribution is 7.92. The van der Waals surface area contributed by atoms with E-state index < -0.39 is 33.4 Å². The molecule has 0 unspecified atom stereocenters. The first-order chi connectivity index (χ1) is 11.4. The van der Waals surface area contributed by atoms with E-state index >= 15 is 0 Å². The number of benzene rings is 1. The van der Waals surface area contributed by atoms with Crippen LogP contribution in [-0.2, 0) is 25.8 Å². The molecule has 1 saturated heterocycles. The summed E-state index contributed by atoms with van der Waals surface area (Å²) in [7, 11) is -3.48. The van der Waals surface area contributed by atoms with Crippen LogP contribution >= 0.6 is 0 Å². The lowest BCUT2D eigenvalue weighted by Gasteiger charge is -2.30. The Morgan fingerprint density at radius 1 is 1.21 bits per heavy atom. The van der Waals surface area contributed by atoms with Gasteiger partial charge in [-0.25, -0.2) is 8.42 Å². The summed E-state index contributed by atoms with van der Waals surface area (Å²) in [4.78, 5) is 24.6. The van der Waals surface area contributed by atoms with Crippen LogP contribution in [0.15, 0.2) is 30.3 Å². The van der Waals surface area contributed by atoms with E-state index in [1.165, 1.54) is 4.90 Å². The van der Waals surface area contributed by atoms with Crippen LogP contribution in [0.25, 0.3) is 0 Å². The van der Waals surface area contributed by atoms with E-state index in [4.69, 9.17) is 5.11 Å². The number of hydrogen-bond donors (Lipinski definition) is 1. The number of piperidine rings is 1. The average Bonchev–Trinajstić information content (AvgIpc) is 2.55. The number of amides is 1. The van der Waals surface area contributed by atoms with Crippen molar-refractivity contribution in [1.82, 2.24) is 4.90 Å². The second-order valence-corrected chi connectivity index (χ2v) is 8.38. The SMILES string of the molecule is O=C(O)[C@@H]1CCCN(C(=O)CS(=O)(=O)CCCc2ccccc2)C1. The molecule has 1 aromatic carbocycles. The number of nitrogens with zero attached hydrogens (tertiary/aromatic N) is 1. The molecule has 1 amide bonds. The molecule has 1 heterocycles. The van der Waals surface area contributed by atoms with Gasteiger partial charge in [0.15, 0.2) is 9.84 Å². The van der Waals surface area contributed by atoms with Crippen molar-refractivity contribution >= 4 is 21.7 Å². The fraction of sp³-hybridized carbons (Fsp3) is 0.529. The molecule has 24 heavy (non-hydrogen) atoms.